The lowest BCUT2D eigenvalue weighted by Crippen LogP contribution is -2.53. The Hall–Kier alpha value is -3.44. The quantitative estimate of drug-likeness (QED) is 0.586. The number of hydrogen-bond acceptors (Lipinski definition) is 4. The first kappa shape index (κ1) is 23.3. The van der Waals surface area contributed by atoms with E-state index >= 15 is 0 Å². The Morgan fingerprint density at radius 2 is 1.80 bits per heavy atom. The maximum Gasteiger partial charge on any atom is 0.315 e. The summed E-state index contributed by atoms with van der Waals surface area (Å²) in [6, 6.07) is 8.02. The van der Waals surface area contributed by atoms with Crippen LogP contribution in [-0.4, -0.2) is 46.7 Å². The van der Waals surface area contributed by atoms with Crippen LogP contribution in [-0.2, 0) is 21.2 Å². The van der Waals surface area contributed by atoms with Crippen LogP contribution in [0.3, 0.4) is 0 Å². The standard InChI is InChI=1S/C24H20F3N3O4S/c1-14-19-12-24(23(31)32)13-29(35(33,34)18-6-7-20(26)21(27)11-18)9-8-15(24)10-22(19)30(28-14)17-4-2-16(25)3-5-17/h2-7,10-11H,8-9,12-13H2,1H3,(H,31,32)/t24-/m0/s1. The summed E-state index contributed by atoms with van der Waals surface area (Å²) < 4.78 is 69.5. The van der Waals surface area contributed by atoms with Crippen LogP contribution >= 0.6 is 0 Å². The highest BCUT2D eigenvalue weighted by Crippen LogP contribution is 2.46. The van der Waals surface area contributed by atoms with E-state index < -0.39 is 43.8 Å². The van der Waals surface area contributed by atoms with Gasteiger partial charge in [0.15, 0.2) is 11.6 Å². The van der Waals surface area contributed by atoms with E-state index in [1.54, 1.807) is 29.8 Å². The lowest BCUT2D eigenvalue weighted by atomic mass is 9.68. The van der Waals surface area contributed by atoms with E-state index in [9.17, 15) is 31.5 Å². The molecule has 1 aliphatic heterocycles. The molecule has 182 valence electrons. The largest absolute Gasteiger partial charge is 0.481 e. The second-order valence-corrected chi connectivity index (χ2v) is 10.7. The fourth-order valence-electron chi connectivity index (χ4n) is 4.81. The van der Waals surface area contributed by atoms with Gasteiger partial charge in [0, 0.05) is 18.7 Å². The van der Waals surface area contributed by atoms with Crippen molar-refractivity contribution in [1.82, 2.24) is 14.1 Å². The minimum absolute atomic E-state index is 0.000324. The van der Waals surface area contributed by atoms with Crippen LogP contribution in [0.5, 0.6) is 0 Å². The van der Waals surface area contributed by atoms with Crippen molar-refractivity contribution in [2.45, 2.75) is 24.7 Å². The summed E-state index contributed by atoms with van der Waals surface area (Å²) in [5.41, 5.74) is 1.48. The predicted octanol–water partition coefficient (Wildman–Crippen LogP) is 3.70. The Morgan fingerprint density at radius 1 is 1.09 bits per heavy atom. The molecule has 1 N–H and O–H groups in total. The Labute approximate surface area is 199 Å². The molecule has 35 heavy (non-hydrogen) atoms. The third-order valence-corrected chi connectivity index (χ3v) is 8.56. The summed E-state index contributed by atoms with van der Waals surface area (Å²) in [4.78, 5) is 12.2. The highest BCUT2D eigenvalue weighted by molar-refractivity contribution is 7.89. The highest BCUT2D eigenvalue weighted by Gasteiger charge is 2.51. The van der Waals surface area contributed by atoms with Gasteiger partial charge < -0.3 is 5.11 Å². The highest BCUT2D eigenvalue weighted by atomic mass is 32.2. The first-order valence-corrected chi connectivity index (χ1v) is 12.2. The third kappa shape index (κ3) is 3.66. The first-order valence-electron chi connectivity index (χ1n) is 10.8. The molecule has 2 heterocycles. The number of sulfonamides is 1. The molecule has 11 heteroatoms. The second-order valence-electron chi connectivity index (χ2n) is 8.74. The molecule has 2 aromatic carbocycles. The van der Waals surface area contributed by atoms with Gasteiger partial charge in [-0.15, -0.1) is 0 Å². The Balaban J connectivity index is 1.56. The molecule has 0 spiro atoms. The van der Waals surface area contributed by atoms with Crippen molar-refractivity contribution in [3.63, 3.8) is 0 Å². The summed E-state index contributed by atoms with van der Waals surface area (Å²) in [5.74, 6) is -4.07. The number of nitrogens with zero attached hydrogens (tertiary/aromatic N) is 3. The number of halogens is 3. The van der Waals surface area contributed by atoms with Crippen molar-refractivity contribution in [3.05, 3.63) is 82.4 Å². The van der Waals surface area contributed by atoms with Gasteiger partial charge in [0.2, 0.25) is 10.0 Å². The molecule has 1 saturated heterocycles. The fourth-order valence-corrected chi connectivity index (χ4v) is 6.32. The molecule has 3 aromatic rings. The molecule has 7 nitrogen and oxygen atoms in total. The second kappa shape index (κ2) is 8.06. The minimum Gasteiger partial charge on any atom is -0.481 e. The Kier molecular flexibility index (Phi) is 5.37. The smallest absolute Gasteiger partial charge is 0.315 e. The van der Waals surface area contributed by atoms with E-state index in [1.807, 2.05) is 0 Å². The van der Waals surface area contributed by atoms with Crippen LogP contribution in [0.1, 0.15) is 23.4 Å². The maximum absolute atomic E-state index is 13.7. The molecule has 0 unspecified atom stereocenters. The van der Waals surface area contributed by atoms with E-state index in [0.717, 1.165) is 16.4 Å². The Bertz CT molecular complexity index is 1500. The van der Waals surface area contributed by atoms with E-state index in [0.29, 0.717) is 34.3 Å². The zero-order valence-electron chi connectivity index (χ0n) is 18.5. The molecule has 0 bridgehead atoms. The van der Waals surface area contributed by atoms with Crippen LogP contribution < -0.4 is 0 Å². The average Bonchev–Trinajstić information content (AvgIpc) is 3.14. The minimum atomic E-state index is -4.27. The molecular weight excluding hydrogens is 483 g/mol. The monoisotopic (exact) mass is 503 g/mol. The summed E-state index contributed by atoms with van der Waals surface area (Å²) in [6.45, 7) is 1.34. The number of fused-ring (bicyclic) bond motifs is 2. The lowest BCUT2D eigenvalue weighted by molar-refractivity contribution is -0.147. The molecule has 1 fully saturated rings. The van der Waals surface area contributed by atoms with Crippen molar-refractivity contribution < 1.29 is 31.5 Å². The number of carbonyl (C=O) groups is 1. The van der Waals surface area contributed by atoms with Gasteiger partial charge in [0.25, 0.3) is 0 Å². The van der Waals surface area contributed by atoms with Crippen molar-refractivity contribution in [2.24, 2.45) is 5.41 Å². The summed E-state index contributed by atoms with van der Waals surface area (Å²) in [5, 5.41) is 14.8. The van der Waals surface area contributed by atoms with Crippen molar-refractivity contribution in [2.75, 3.05) is 13.1 Å². The third-order valence-electron chi connectivity index (χ3n) is 6.71. The number of carboxylic acid groups (broad SMARTS) is 1. The number of rotatable bonds is 4. The molecule has 1 aliphatic carbocycles. The summed E-state index contributed by atoms with van der Waals surface area (Å²) in [6.07, 6.45) is 1.85. The molecule has 0 radical (unpaired) electrons. The van der Waals surface area contributed by atoms with Gasteiger partial charge in [-0.3, -0.25) is 4.79 Å². The van der Waals surface area contributed by atoms with Crippen LogP contribution in [0.15, 0.2) is 52.9 Å². The first-order chi connectivity index (χ1) is 16.5. The zero-order valence-corrected chi connectivity index (χ0v) is 19.3. The van der Waals surface area contributed by atoms with Crippen LogP contribution in [0.2, 0.25) is 0 Å². The predicted molar refractivity (Wildman–Crippen MR) is 120 cm³/mol. The lowest BCUT2D eigenvalue weighted by Gasteiger charge is -2.43. The molecule has 0 amide bonds. The van der Waals surface area contributed by atoms with Gasteiger partial charge in [0.05, 0.1) is 22.0 Å². The zero-order chi connectivity index (χ0) is 25.1. The molecule has 5 rings (SSSR count). The van der Waals surface area contributed by atoms with Crippen LogP contribution in [0.25, 0.3) is 11.8 Å². The van der Waals surface area contributed by atoms with Gasteiger partial charge in [0.1, 0.15) is 11.2 Å². The Morgan fingerprint density at radius 3 is 2.46 bits per heavy atom. The number of aliphatic carboxylic acids is 1. The topological polar surface area (TPSA) is 92.5 Å². The van der Waals surface area contributed by atoms with E-state index in [-0.39, 0.29) is 25.9 Å². The van der Waals surface area contributed by atoms with Gasteiger partial charge in [-0.05, 0) is 73.9 Å². The average molecular weight is 504 g/mol. The van der Waals surface area contributed by atoms with Gasteiger partial charge in [-0.2, -0.15) is 9.40 Å². The van der Waals surface area contributed by atoms with Gasteiger partial charge in [-0.1, -0.05) is 0 Å². The van der Waals surface area contributed by atoms with E-state index in [4.69, 9.17) is 0 Å². The van der Waals surface area contributed by atoms with E-state index in [2.05, 4.69) is 5.10 Å². The number of carboxylic acids is 1. The van der Waals surface area contributed by atoms with Crippen molar-refractivity contribution >= 4 is 22.1 Å². The van der Waals surface area contributed by atoms with Crippen molar-refractivity contribution in [3.8, 4) is 5.69 Å². The van der Waals surface area contributed by atoms with Crippen LogP contribution in [0, 0.1) is 29.8 Å². The molecule has 1 atom stereocenters. The number of benzene rings is 2. The molecule has 1 aromatic heterocycles. The summed E-state index contributed by atoms with van der Waals surface area (Å²) >= 11 is 0. The van der Waals surface area contributed by atoms with Gasteiger partial charge in [-0.25, -0.2) is 26.3 Å². The number of aryl methyl sites for hydroxylation is 1. The summed E-state index contributed by atoms with van der Waals surface area (Å²) in [7, 11) is -4.27. The number of aromatic nitrogens is 2. The molecule has 2 aliphatic rings. The fraction of sp³-hybridized carbons (Fsp3) is 0.250. The number of piperidine rings is 1. The van der Waals surface area contributed by atoms with Gasteiger partial charge >= 0.3 is 5.97 Å². The number of hydrogen-bond donors (Lipinski definition) is 1. The van der Waals surface area contributed by atoms with Crippen LogP contribution in [0.4, 0.5) is 13.2 Å². The molecule has 0 saturated carbocycles. The molecular formula is C24H20F3N3O4S. The maximum atomic E-state index is 13.7. The SMILES string of the molecule is Cc1nn(-c2ccc(F)cc2)c2c1C[C@]1(C(=O)O)CN(S(=O)(=O)c3ccc(F)c(F)c3)CCC1=C2. The van der Waals surface area contributed by atoms with Crippen molar-refractivity contribution in [1.29, 1.82) is 0 Å². The van der Waals surface area contributed by atoms with E-state index in [1.165, 1.54) is 12.1 Å². The normalized spacial score (nSPS) is 20.2.